The van der Waals surface area contributed by atoms with E-state index in [9.17, 15) is 9.59 Å². The summed E-state index contributed by atoms with van der Waals surface area (Å²) < 4.78 is 5.18. The van der Waals surface area contributed by atoms with E-state index in [1.807, 2.05) is 9.80 Å². The molecule has 0 bridgehead atoms. The minimum absolute atomic E-state index is 0.0654. The zero-order valence-corrected chi connectivity index (χ0v) is 13.4. The van der Waals surface area contributed by atoms with Crippen molar-refractivity contribution in [2.24, 2.45) is 11.3 Å². The first-order valence-electron chi connectivity index (χ1n) is 8.14. The van der Waals surface area contributed by atoms with Crippen molar-refractivity contribution in [2.45, 2.75) is 33.1 Å². The van der Waals surface area contributed by atoms with E-state index in [-0.39, 0.29) is 11.3 Å². The highest BCUT2D eigenvalue weighted by molar-refractivity contribution is 5.92. The van der Waals surface area contributed by atoms with Gasteiger partial charge in [-0.3, -0.25) is 9.59 Å². The van der Waals surface area contributed by atoms with Crippen LogP contribution in [-0.4, -0.2) is 47.8 Å². The zero-order valence-electron chi connectivity index (χ0n) is 13.4. The van der Waals surface area contributed by atoms with E-state index in [1.54, 1.807) is 12.1 Å². The molecule has 0 saturated carbocycles. The SMILES string of the molecule is CC(C)CN1CCC2(CCN(C(=O)c3ccco3)CC2)C1=O. The van der Waals surface area contributed by atoms with Gasteiger partial charge in [0.25, 0.3) is 5.91 Å². The molecule has 2 amide bonds. The van der Waals surface area contributed by atoms with E-state index in [0.717, 1.165) is 32.4 Å². The third-order valence-electron chi connectivity index (χ3n) is 4.93. The van der Waals surface area contributed by atoms with Crippen LogP contribution in [0.5, 0.6) is 0 Å². The van der Waals surface area contributed by atoms with Crippen LogP contribution in [0.2, 0.25) is 0 Å². The normalized spacial score (nSPS) is 21.1. The van der Waals surface area contributed by atoms with Crippen molar-refractivity contribution in [1.29, 1.82) is 0 Å². The van der Waals surface area contributed by atoms with Gasteiger partial charge in [0.2, 0.25) is 5.91 Å². The highest BCUT2D eigenvalue weighted by Crippen LogP contribution is 2.41. The smallest absolute Gasteiger partial charge is 0.289 e. The second-order valence-corrected chi connectivity index (χ2v) is 6.94. The van der Waals surface area contributed by atoms with Crippen LogP contribution in [0.3, 0.4) is 0 Å². The van der Waals surface area contributed by atoms with Crippen LogP contribution in [0.4, 0.5) is 0 Å². The molecule has 1 aromatic heterocycles. The van der Waals surface area contributed by atoms with Crippen LogP contribution in [0.1, 0.15) is 43.7 Å². The Labute approximate surface area is 131 Å². The van der Waals surface area contributed by atoms with Crippen LogP contribution in [-0.2, 0) is 4.79 Å². The predicted molar refractivity (Wildman–Crippen MR) is 82.3 cm³/mol. The number of rotatable bonds is 3. The average Bonchev–Trinajstić information content (AvgIpc) is 3.12. The molecule has 0 radical (unpaired) electrons. The lowest BCUT2D eigenvalue weighted by molar-refractivity contribution is -0.138. The standard InChI is InChI=1S/C17H24N2O3/c1-13(2)12-19-10-7-17(16(19)21)5-8-18(9-6-17)15(20)14-4-3-11-22-14/h3-4,11,13H,5-10,12H2,1-2H3. The maximum absolute atomic E-state index is 12.7. The van der Waals surface area contributed by atoms with Gasteiger partial charge >= 0.3 is 0 Å². The molecule has 2 fully saturated rings. The lowest BCUT2D eigenvalue weighted by atomic mass is 9.77. The highest BCUT2D eigenvalue weighted by Gasteiger charge is 2.48. The van der Waals surface area contributed by atoms with Crippen molar-refractivity contribution < 1.29 is 14.0 Å². The predicted octanol–water partition coefficient (Wildman–Crippen LogP) is 2.39. The molecule has 2 saturated heterocycles. The Hall–Kier alpha value is -1.78. The van der Waals surface area contributed by atoms with E-state index >= 15 is 0 Å². The molecule has 1 aromatic rings. The summed E-state index contributed by atoms with van der Waals surface area (Å²) in [6, 6.07) is 3.42. The first kappa shape index (κ1) is 15.1. The van der Waals surface area contributed by atoms with Crippen molar-refractivity contribution in [1.82, 2.24) is 9.80 Å². The van der Waals surface area contributed by atoms with Crippen LogP contribution in [0, 0.1) is 11.3 Å². The van der Waals surface area contributed by atoms with Crippen molar-refractivity contribution in [2.75, 3.05) is 26.2 Å². The molecular formula is C17H24N2O3. The molecule has 5 heteroatoms. The van der Waals surface area contributed by atoms with Crippen molar-refractivity contribution >= 4 is 11.8 Å². The first-order valence-corrected chi connectivity index (χ1v) is 8.14. The second kappa shape index (κ2) is 5.78. The Balaban J connectivity index is 1.62. The summed E-state index contributed by atoms with van der Waals surface area (Å²) in [5, 5.41) is 0. The number of hydrogen-bond acceptors (Lipinski definition) is 3. The molecule has 0 N–H and O–H groups in total. The molecule has 0 unspecified atom stereocenters. The van der Waals surface area contributed by atoms with Crippen LogP contribution in [0.15, 0.2) is 22.8 Å². The summed E-state index contributed by atoms with van der Waals surface area (Å²) in [6.07, 6.45) is 3.99. The van der Waals surface area contributed by atoms with Crippen molar-refractivity contribution in [3.05, 3.63) is 24.2 Å². The molecule has 2 aliphatic rings. The molecule has 2 aliphatic heterocycles. The third-order valence-corrected chi connectivity index (χ3v) is 4.93. The van der Waals surface area contributed by atoms with Gasteiger partial charge in [0.15, 0.2) is 5.76 Å². The minimum Gasteiger partial charge on any atom is -0.459 e. The van der Waals surface area contributed by atoms with Crippen LogP contribution >= 0.6 is 0 Å². The molecule has 22 heavy (non-hydrogen) atoms. The number of furan rings is 1. The Kier molecular flexibility index (Phi) is 3.98. The van der Waals surface area contributed by atoms with Crippen LogP contribution in [0.25, 0.3) is 0 Å². The maximum Gasteiger partial charge on any atom is 0.289 e. The van der Waals surface area contributed by atoms with Gasteiger partial charge in [0, 0.05) is 26.2 Å². The highest BCUT2D eigenvalue weighted by atomic mass is 16.3. The fourth-order valence-corrected chi connectivity index (χ4v) is 3.67. The number of carbonyl (C=O) groups is 2. The van der Waals surface area contributed by atoms with Gasteiger partial charge in [0.05, 0.1) is 11.7 Å². The molecule has 0 aliphatic carbocycles. The summed E-state index contributed by atoms with van der Waals surface area (Å²) in [5.74, 6) is 1.12. The van der Waals surface area contributed by atoms with E-state index in [2.05, 4.69) is 13.8 Å². The zero-order chi connectivity index (χ0) is 15.7. The van der Waals surface area contributed by atoms with Gasteiger partial charge < -0.3 is 14.2 Å². The van der Waals surface area contributed by atoms with Gasteiger partial charge in [-0.25, -0.2) is 0 Å². The quantitative estimate of drug-likeness (QED) is 0.861. The van der Waals surface area contributed by atoms with E-state index in [0.29, 0.717) is 30.7 Å². The van der Waals surface area contributed by atoms with Gasteiger partial charge in [-0.1, -0.05) is 13.8 Å². The van der Waals surface area contributed by atoms with Gasteiger partial charge in [-0.15, -0.1) is 0 Å². The Morgan fingerprint density at radius 3 is 2.55 bits per heavy atom. The fourth-order valence-electron chi connectivity index (χ4n) is 3.67. The monoisotopic (exact) mass is 304 g/mol. The molecule has 0 atom stereocenters. The van der Waals surface area contributed by atoms with Gasteiger partial charge in [-0.2, -0.15) is 0 Å². The van der Waals surface area contributed by atoms with E-state index in [1.165, 1.54) is 6.26 Å². The van der Waals surface area contributed by atoms with Crippen molar-refractivity contribution in [3.8, 4) is 0 Å². The lowest BCUT2D eigenvalue weighted by Gasteiger charge is -2.37. The molecule has 3 rings (SSSR count). The Bertz CT molecular complexity index is 542. The topological polar surface area (TPSA) is 53.8 Å². The molecule has 3 heterocycles. The number of hydrogen-bond donors (Lipinski definition) is 0. The molecule has 0 aromatic carbocycles. The largest absolute Gasteiger partial charge is 0.459 e. The molecule has 5 nitrogen and oxygen atoms in total. The van der Waals surface area contributed by atoms with Gasteiger partial charge in [-0.05, 0) is 37.3 Å². The fraction of sp³-hybridized carbons (Fsp3) is 0.647. The summed E-state index contributed by atoms with van der Waals surface area (Å²) in [4.78, 5) is 28.8. The number of amides is 2. The van der Waals surface area contributed by atoms with Crippen LogP contribution < -0.4 is 0 Å². The maximum atomic E-state index is 12.7. The summed E-state index contributed by atoms with van der Waals surface area (Å²) in [6.45, 7) is 7.27. The third kappa shape index (κ3) is 2.64. The summed E-state index contributed by atoms with van der Waals surface area (Å²) in [7, 11) is 0. The number of likely N-dealkylation sites (tertiary alicyclic amines) is 2. The molecule has 1 spiro atoms. The van der Waals surface area contributed by atoms with E-state index in [4.69, 9.17) is 4.42 Å². The summed E-state index contributed by atoms with van der Waals surface area (Å²) >= 11 is 0. The van der Waals surface area contributed by atoms with Crippen molar-refractivity contribution in [3.63, 3.8) is 0 Å². The lowest BCUT2D eigenvalue weighted by Crippen LogP contribution is -2.46. The minimum atomic E-state index is -0.227. The molecule has 120 valence electrons. The molecular weight excluding hydrogens is 280 g/mol. The Morgan fingerprint density at radius 2 is 1.95 bits per heavy atom. The number of piperidine rings is 1. The van der Waals surface area contributed by atoms with E-state index < -0.39 is 0 Å². The summed E-state index contributed by atoms with van der Waals surface area (Å²) in [5.41, 5.74) is -0.227. The number of nitrogens with zero attached hydrogens (tertiary/aromatic N) is 2. The van der Waals surface area contributed by atoms with Gasteiger partial charge in [0.1, 0.15) is 0 Å². The second-order valence-electron chi connectivity index (χ2n) is 6.94. The Morgan fingerprint density at radius 1 is 1.27 bits per heavy atom. The number of carbonyl (C=O) groups excluding carboxylic acids is 2. The average molecular weight is 304 g/mol. The first-order chi connectivity index (χ1) is 10.5.